The Kier molecular flexibility index (Phi) is 8.66. The molecule has 214 valence electrons. The predicted molar refractivity (Wildman–Crippen MR) is 156 cm³/mol. The van der Waals surface area contributed by atoms with Crippen LogP contribution >= 0.6 is 34.8 Å². The van der Waals surface area contributed by atoms with Crippen molar-refractivity contribution in [1.82, 2.24) is 20.4 Å². The van der Waals surface area contributed by atoms with Gasteiger partial charge in [0.05, 0.1) is 31.9 Å². The van der Waals surface area contributed by atoms with Gasteiger partial charge in [0.2, 0.25) is 5.91 Å². The van der Waals surface area contributed by atoms with Gasteiger partial charge in [0.15, 0.2) is 5.72 Å². The van der Waals surface area contributed by atoms with Crippen LogP contribution in [-0.4, -0.2) is 78.6 Å². The number of nitrogens with zero attached hydrogens (tertiary/aromatic N) is 2. The van der Waals surface area contributed by atoms with Gasteiger partial charge in [0.25, 0.3) is 11.8 Å². The molecule has 0 aliphatic carbocycles. The summed E-state index contributed by atoms with van der Waals surface area (Å²) in [5, 5.41) is 10.5. The van der Waals surface area contributed by atoms with Crippen LogP contribution in [0.5, 0.6) is 5.75 Å². The molecule has 2 aromatic rings. The maximum absolute atomic E-state index is 13.0. The van der Waals surface area contributed by atoms with Crippen LogP contribution in [0.1, 0.15) is 53.3 Å². The first-order valence-corrected chi connectivity index (χ1v) is 14.6. The van der Waals surface area contributed by atoms with Gasteiger partial charge in [-0.05, 0) is 31.0 Å². The number of carbonyl (C=O) groups excluding carboxylic acids is 3. The Bertz CT molecular complexity index is 1290. The monoisotopic (exact) mass is 607 g/mol. The molecule has 0 aromatic heterocycles. The molecule has 2 aromatic carbocycles. The van der Waals surface area contributed by atoms with Crippen molar-refractivity contribution in [3.05, 3.63) is 56.5 Å². The van der Waals surface area contributed by atoms with Crippen LogP contribution in [0.25, 0.3) is 0 Å². The lowest BCUT2D eigenvalue weighted by Crippen LogP contribution is -2.61. The van der Waals surface area contributed by atoms with E-state index in [1.165, 1.54) is 0 Å². The van der Waals surface area contributed by atoms with E-state index in [0.29, 0.717) is 78.5 Å². The molecule has 1 spiro atoms. The quantitative estimate of drug-likeness (QED) is 0.449. The van der Waals surface area contributed by atoms with E-state index in [1.807, 2.05) is 11.0 Å². The van der Waals surface area contributed by atoms with E-state index in [2.05, 4.69) is 20.9 Å². The Balaban J connectivity index is 1.16. The number of rotatable bonds is 6. The van der Waals surface area contributed by atoms with Crippen LogP contribution in [0.3, 0.4) is 0 Å². The summed E-state index contributed by atoms with van der Waals surface area (Å²) in [4.78, 5) is 41.3. The first kappa shape index (κ1) is 28.8. The molecule has 0 bridgehead atoms. The van der Waals surface area contributed by atoms with Crippen molar-refractivity contribution in [1.29, 1.82) is 0 Å². The molecular formula is C28H32Cl3N5O4. The zero-order valence-corrected chi connectivity index (χ0v) is 24.5. The maximum atomic E-state index is 13.0. The summed E-state index contributed by atoms with van der Waals surface area (Å²) in [6, 6.07) is 8.61. The second-order valence-electron chi connectivity index (χ2n) is 10.5. The highest BCUT2D eigenvalue weighted by Crippen LogP contribution is 2.39. The molecule has 3 aliphatic heterocycles. The smallest absolute Gasteiger partial charge is 0.258 e. The highest BCUT2D eigenvalue weighted by atomic mass is 35.5. The maximum Gasteiger partial charge on any atom is 0.258 e. The van der Waals surface area contributed by atoms with Gasteiger partial charge in [-0.3, -0.25) is 14.4 Å². The van der Waals surface area contributed by atoms with Crippen molar-refractivity contribution >= 4 is 58.2 Å². The first-order chi connectivity index (χ1) is 19.1. The van der Waals surface area contributed by atoms with E-state index >= 15 is 0 Å². The Labute approximate surface area is 248 Å². The Morgan fingerprint density at radius 3 is 2.38 bits per heavy atom. The molecule has 2 saturated heterocycles. The van der Waals surface area contributed by atoms with E-state index in [0.717, 1.165) is 18.5 Å². The summed E-state index contributed by atoms with van der Waals surface area (Å²) >= 11 is 18.8. The SMILES string of the molecule is CC(=O)N1CCC(Nc2cc3c(cc2Cl)C(=O)NC2(CCN(CCNC(=O)c4c(Cl)cccc4Cl)CC2)O3)CC1. The van der Waals surface area contributed by atoms with Crippen molar-refractivity contribution in [2.24, 2.45) is 0 Å². The summed E-state index contributed by atoms with van der Waals surface area (Å²) in [6.45, 7) is 5.44. The first-order valence-electron chi connectivity index (χ1n) is 13.5. The second-order valence-corrected chi connectivity index (χ2v) is 11.7. The molecule has 3 heterocycles. The molecule has 3 amide bonds. The van der Waals surface area contributed by atoms with Gasteiger partial charge >= 0.3 is 0 Å². The Morgan fingerprint density at radius 1 is 1.05 bits per heavy atom. The zero-order valence-electron chi connectivity index (χ0n) is 22.2. The minimum Gasteiger partial charge on any atom is -0.467 e. The van der Waals surface area contributed by atoms with Crippen molar-refractivity contribution < 1.29 is 19.1 Å². The molecule has 12 heteroatoms. The highest BCUT2D eigenvalue weighted by molar-refractivity contribution is 6.39. The van der Waals surface area contributed by atoms with E-state index in [1.54, 1.807) is 31.2 Å². The number of carbonyl (C=O) groups is 3. The van der Waals surface area contributed by atoms with Gasteiger partial charge in [-0.25, -0.2) is 0 Å². The Hall–Kier alpha value is -2.72. The van der Waals surface area contributed by atoms with Gasteiger partial charge in [0, 0.05) is 71.1 Å². The third-order valence-electron chi connectivity index (χ3n) is 7.83. The largest absolute Gasteiger partial charge is 0.467 e. The van der Waals surface area contributed by atoms with Crippen LogP contribution < -0.4 is 20.7 Å². The number of hydrogen-bond acceptors (Lipinski definition) is 6. The van der Waals surface area contributed by atoms with Crippen molar-refractivity contribution in [2.75, 3.05) is 44.6 Å². The number of anilines is 1. The van der Waals surface area contributed by atoms with Crippen LogP contribution in [0.15, 0.2) is 30.3 Å². The zero-order chi connectivity index (χ0) is 28.4. The number of hydrogen-bond donors (Lipinski definition) is 3. The molecule has 40 heavy (non-hydrogen) atoms. The lowest BCUT2D eigenvalue weighted by molar-refractivity contribution is -0.129. The summed E-state index contributed by atoms with van der Waals surface area (Å²) in [6.07, 6.45) is 2.83. The van der Waals surface area contributed by atoms with Crippen molar-refractivity contribution in [3.8, 4) is 5.75 Å². The molecule has 0 saturated carbocycles. The fourth-order valence-electron chi connectivity index (χ4n) is 5.49. The normalized spacial score (nSPS) is 19.0. The number of benzene rings is 2. The molecule has 3 aliphatic rings. The number of ether oxygens (including phenoxy) is 1. The molecule has 3 N–H and O–H groups in total. The van der Waals surface area contributed by atoms with Crippen LogP contribution in [-0.2, 0) is 4.79 Å². The highest BCUT2D eigenvalue weighted by Gasteiger charge is 2.42. The molecule has 5 rings (SSSR count). The second kappa shape index (κ2) is 12.0. The van der Waals surface area contributed by atoms with E-state index in [-0.39, 0.29) is 29.3 Å². The fourth-order valence-corrected chi connectivity index (χ4v) is 6.28. The third kappa shape index (κ3) is 6.28. The Morgan fingerprint density at radius 2 is 1.73 bits per heavy atom. The summed E-state index contributed by atoms with van der Waals surface area (Å²) in [7, 11) is 0. The molecule has 0 atom stereocenters. The number of piperidine rings is 2. The van der Waals surface area contributed by atoms with Gasteiger partial charge in [-0.15, -0.1) is 0 Å². The topological polar surface area (TPSA) is 103 Å². The minimum atomic E-state index is -0.799. The van der Waals surface area contributed by atoms with Crippen molar-refractivity contribution in [2.45, 2.75) is 44.4 Å². The lowest BCUT2D eigenvalue weighted by atomic mass is 9.96. The summed E-state index contributed by atoms with van der Waals surface area (Å²) in [5.74, 6) is 0.0831. The molecule has 0 radical (unpaired) electrons. The number of fused-ring (bicyclic) bond motifs is 1. The average Bonchev–Trinajstić information content (AvgIpc) is 2.91. The van der Waals surface area contributed by atoms with Gasteiger partial charge in [0.1, 0.15) is 5.75 Å². The predicted octanol–water partition coefficient (Wildman–Crippen LogP) is 4.41. The lowest BCUT2D eigenvalue weighted by Gasteiger charge is -2.44. The van der Waals surface area contributed by atoms with Gasteiger partial charge in [-0.2, -0.15) is 0 Å². The standard InChI is InChI=1S/C28H32Cl3N5O4/c1-17(37)36-10-5-18(6-11-36)33-23-16-24-19(15-22(23)31)26(38)34-28(40-24)7-12-35(13-8-28)14-9-32-27(39)25-20(29)3-2-4-21(25)30/h2-4,15-16,18,33H,5-14H2,1H3,(H,32,39)(H,34,38). The van der Waals surface area contributed by atoms with Crippen molar-refractivity contribution in [3.63, 3.8) is 0 Å². The van der Waals surface area contributed by atoms with Crippen LogP contribution in [0.4, 0.5) is 5.69 Å². The van der Waals surface area contributed by atoms with E-state index in [9.17, 15) is 14.4 Å². The number of amides is 3. The third-order valence-corrected chi connectivity index (χ3v) is 8.77. The van der Waals surface area contributed by atoms with Crippen LogP contribution in [0.2, 0.25) is 15.1 Å². The summed E-state index contributed by atoms with van der Waals surface area (Å²) in [5.41, 5.74) is 0.609. The van der Waals surface area contributed by atoms with Crippen LogP contribution in [0, 0.1) is 0 Å². The number of likely N-dealkylation sites (tertiary alicyclic amines) is 2. The number of nitrogens with one attached hydrogen (secondary N) is 3. The molecule has 2 fully saturated rings. The summed E-state index contributed by atoms with van der Waals surface area (Å²) < 4.78 is 6.43. The molecule has 9 nitrogen and oxygen atoms in total. The van der Waals surface area contributed by atoms with E-state index in [4.69, 9.17) is 39.5 Å². The van der Waals surface area contributed by atoms with E-state index < -0.39 is 5.72 Å². The minimum absolute atomic E-state index is 0.0905. The average molecular weight is 609 g/mol. The molecular weight excluding hydrogens is 577 g/mol. The van der Waals surface area contributed by atoms with Gasteiger partial charge in [-0.1, -0.05) is 40.9 Å². The number of halogens is 3. The fraction of sp³-hybridized carbons (Fsp3) is 0.464. The molecule has 0 unspecified atom stereocenters. The van der Waals surface area contributed by atoms with Gasteiger partial charge < -0.3 is 30.5 Å².